The third kappa shape index (κ3) is 5.00. The van der Waals surface area contributed by atoms with E-state index in [1.165, 1.54) is 32.4 Å². The number of piperidine rings is 2. The molecule has 7 heteroatoms. The Balaban J connectivity index is 1.24. The van der Waals surface area contributed by atoms with Crippen LogP contribution < -0.4 is 0 Å². The van der Waals surface area contributed by atoms with Crippen molar-refractivity contribution in [3.8, 4) is 10.7 Å². The molecule has 0 spiro atoms. The van der Waals surface area contributed by atoms with Crippen LogP contribution in [-0.2, 0) is 11.2 Å². The number of nitrogens with zero attached hydrogens (tertiary/aromatic N) is 4. The van der Waals surface area contributed by atoms with E-state index >= 15 is 0 Å². The smallest absolute Gasteiger partial charge is 0.227 e. The first kappa shape index (κ1) is 19.6. The Morgan fingerprint density at radius 2 is 2.14 bits per heavy atom. The van der Waals surface area contributed by atoms with E-state index in [1.807, 2.05) is 17.5 Å². The summed E-state index contributed by atoms with van der Waals surface area (Å²) in [6.07, 6.45) is 5.94. The number of aromatic nitrogens is 2. The van der Waals surface area contributed by atoms with Gasteiger partial charge in [-0.1, -0.05) is 18.1 Å². The van der Waals surface area contributed by atoms with Gasteiger partial charge in [0.2, 0.25) is 17.6 Å². The lowest BCUT2D eigenvalue weighted by molar-refractivity contribution is -0.133. The van der Waals surface area contributed by atoms with Gasteiger partial charge in [0.05, 0.1) is 4.88 Å². The highest BCUT2D eigenvalue weighted by Crippen LogP contribution is 2.23. The molecule has 0 saturated carbocycles. The molecule has 0 aromatic carbocycles. The molecule has 0 N–H and O–H groups in total. The number of amides is 1. The van der Waals surface area contributed by atoms with Crippen molar-refractivity contribution < 1.29 is 9.32 Å². The molecule has 2 fully saturated rings. The van der Waals surface area contributed by atoms with E-state index in [9.17, 15) is 4.79 Å². The third-order valence-corrected chi connectivity index (χ3v) is 6.89. The van der Waals surface area contributed by atoms with Crippen LogP contribution in [0.2, 0.25) is 0 Å². The molecule has 2 aliphatic rings. The molecule has 2 saturated heterocycles. The molecule has 4 rings (SSSR count). The van der Waals surface area contributed by atoms with Crippen LogP contribution in [0.1, 0.15) is 44.9 Å². The Hall–Kier alpha value is -1.73. The summed E-state index contributed by atoms with van der Waals surface area (Å²) < 4.78 is 5.32. The zero-order chi connectivity index (χ0) is 19.3. The highest BCUT2D eigenvalue weighted by molar-refractivity contribution is 7.13. The molecule has 4 heterocycles. The van der Waals surface area contributed by atoms with Crippen molar-refractivity contribution in [3.05, 3.63) is 23.4 Å². The molecule has 152 valence electrons. The number of carbonyl (C=O) groups excluding carboxylic acids is 1. The molecular weight excluding hydrogens is 372 g/mol. The lowest BCUT2D eigenvalue weighted by Gasteiger charge is -2.37. The molecule has 2 aliphatic heterocycles. The predicted octanol–water partition coefficient (Wildman–Crippen LogP) is 3.70. The maximum atomic E-state index is 12.7. The molecule has 1 atom stereocenters. The second kappa shape index (κ2) is 9.18. The minimum absolute atomic E-state index is 0.216. The standard InChI is InChI=1S/C21H30N4O2S/c1-16-8-11-24(12-9-16)14-17-4-2-10-25(15-17)20(26)7-6-19-22-21(23-27-19)18-5-3-13-28-18/h3,5,13,16-17H,2,4,6-12,14-15H2,1H3. The normalized spacial score (nSPS) is 21.9. The van der Waals surface area contributed by atoms with Gasteiger partial charge in [0, 0.05) is 32.5 Å². The van der Waals surface area contributed by atoms with Gasteiger partial charge in [0.15, 0.2) is 0 Å². The SMILES string of the molecule is CC1CCN(CC2CCCN(C(=O)CCc3nc(-c4cccs4)no3)C2)CC1. The van der Waals surface area contributed by atoms with Crippen LogP contribution in [-0.4, -0.2) is 58.6 Å². The number of likely N-dealkylation sites (tertiary alicyclic amines) is 2. The molecule has 6 nitrogen and oxygen atoms in total. The zero-order valence-electron chi connectivity index (χ0n) is 16.7. The van der Waals surface area contributed by atoms with E-state index in [2.05, 4.69) is 26.9 Å². The van der Waals surface area contributed by atoms with Gasteiger partial charge in [0.25, 0.3) is 0 Å². The van der Waals surface area contributed by atoms with Crippen LogP contribution in [0.25, 0.3) is 10.7 Å². The topological polar surface area (TPSA) is 62.5 Å². The van der Waals surface area contributed by atoms with Crippen LogP contribution in [0.4, 0.5) is 0 Å². The van der Waals surface area contributed by atoms with E-state index in [4.69, 9.17) is 4.52 Å². The monoisotopic (exact) mass is 402 g/mol. The number of aryl methyl sites for hydroxylation is 1. The second-order valence-corrected chi connectivity index (χ2v) is 9.27. The number of hydrogen-bond acceptors (Lipinski definition) is 6. The summed E-state index contributed by atoms with van der Waals surface area (Å²) in [5.74, 6) is 2.86. The van der Waals surface area contributed by atoms with E-state index < -0.39 is 0 Å². The Labute approximate surface area is 170 Å². The number of thiophene rings is 1. The van der Waals surface area contributed by atoms with Crippen LogP contribution in [0.3, 0.4) is 0 Å². The average molecular weight is 403 g/mol. The highest BCUT2D eigenvalue weighted by atomic mass is 32.1. The first-order chi connectivity index (χ1) is 13.7. The lowest BCUT2D eigenvalue weighted by Crippen LogP contribution is -2.45. The van der Waals surface area contributed by atoms with Gasteiger partial charge >= 0.3 is 0 Å². The number of hydrogen-bond donors (Lipinski definition) is 0. The Morgan fingerprint density at radius 3 is 2.93 bits per heavy atom. The fourth-order valence-corrected chi connectivity index (χ4v) is 4.93. The second-order valence-electron chi connectivity index (χ2n) is 8.32. The van der Waals surface area contributed by atoms with Crippen LogP contribution in [0.15, 0.2) is 22.0 Å². The Kier molecular flexibility index (Phi) is 6.42. The van der Waals surface area contributed by atoms with Crippen LogP contribution in [0.5, 0.6) is 0 Å². The van der Waals surface area contributed by atoms with E-state index in [1.54, 1.807) is 11.3 Å². The van der Waals surface area contributed by atoms with Crippen molar-refractivity contribution in [2.45, 2.75) is 45.4 Å². The molecule has 2 aromatic heterocycles. The van der Waals surface area contributed by atoms with Crippen molar-refractivity contribution in [3.63, 3.8) is 0 Å². The molecule has 0 bridgehead atoms. The van der Waals surface area contributed by atoms with Crippen molar-refractivity contribution in [1.29, 1.82) is 0 Å². The molecule has 0 aliphatic carbocycles. The van der Waals surface area contributed by atoms with Gasteiger partial charge in [-0.3, -0.25) is 4.79 Å². The maximum absolute atomic E-state index is 12.7. The Bertz CT molecular complexity index is 752. The number of carbonyl (C=O) groups is 1. The van der Waals surface area contributed by atoms with Gasteiger partial charge < -0.3 is 14.3 Å². The summed E-state index contributed by atoms with van der Waals surface area (Å²) >= 11 is 1.59. The minimum atomic E-state index is 0.216. The van der Waals surface area contributed by atoms with E-state index in [-0.39, 0.29) is 5.91 Å². The van der Waals surface area contributed by atoms with Crippen molar-refractivity contribution in [1.82, 2.24) is 19.9 Å². The zero-order valence-corrected chi connectivity index (χ0v) is 17.5. The summed E-state index contributed by atoms with van der Waals surface area (Å²) in [5, 5.41) is 6.02. The quantitative estimate of drug-likeness (QED) is 0.737. The van der Waals surface area contributed by atoms with Gasteiger partial charge in [-0.05, 0) is 62.1 Å². The van der Waals surface area contributed by atoms with E-state index in [0.717, 1.165) is 36.9 Å². The molecule has 0 radical (unpaired) electrons. The van der Waals surface area contributed by atoms with E-state index in [0.29, 0.717) is 30.5 Å². The molecule has 2 aromatic rings. The third-order valence-electron chi connectivity index (χ3n) is 6.03. The fourth-order valence-electron chi connectivity index (χ4n) is 4.28. The fraction of sp³-hybridized carbons (Fsp3) is 0.667. The first-order valence-electron chi connectivity index (χ1n) is 10.5. The van der Waals surface area contributed by atoms with Crippen LogP contribution >= 0.6 is 11.3 Å². The molecular formula is C21H30N4O2S. The van der Waals surface area contributed by atoms with Gasteiger partial charge in [-0.2, -0.15) is 4.98 Å². The molecule has 1 unspecified atom stereocenters. The van der Waals surface area contributed by atoms with Crippen molar-refractivity contribution in [2.24, 2.45) is 11.8 Å². The lowest BCUT2D eigenvalue weighted by atomic mass is 9.94. The van der Waals surface area contributed by atoms with Gasteiger partial charge in [-0.15, -0.1) is 11.3 Å². The van der Waals surface area contributed by atoms with Crippen molar-refractivity contribution >= 4 is 17.2 Å². The first-order valence-corrected chi connectivity index (χ1v) is 11.4. The summed E-state index contributed by atoms with van der Waals surface area (Å²) in [6, 6.07) is 3.94. The summed E-state index contributed by atoms with van der Waals surface area (Å²) in [4.78, 5) is 22.8. The predicted molar refractivity (Wildman–Crippen MR) is 110 cm³/mol. The highest BCUT2D eigenvalue weighted by Gasteiger charge is 2.26. The van der Waals surface area contributed by atoms with Crippen molar-refractivity contribution in [2.75, 3.05) is 32.7 Å². The minimum Gasteiger partial charge on any atom is -0.342 e. The largest absolute Gasteiger partial charge is 0.342 e. The average Bonchev–Trinajstić information content (AvgIpc) is 3.40. The van der Waals surface area contributed by atoms with Gasteiger partial charge in [0.1, 0.15) is 0 Å². The summed E-state index contributed by atoms with van der Waals surface area (Å²) in [6.45, 7) is 7.71. The maximum Gasteiger partial charge on any atom is 0.227 e. The summed E-state index contributed by atoms with van der Waals surface area (Å²) in [5.41, 5.74) is 0. The van der Waals surface area contributed by atoms with Gasteiger partial charge in [-0.25, -0.2) is 0 Å². The van der Waals surface area contributed by atoms with Crippen LogP contribution in [0, 0.1) is 11.8 Å². The Morgan fingerprint density at radius 1 is 1.29 bits per heavy atom. The molecule has 1 amide bonds. The number of rotatable bonds is 6. The summed E-state index contributed by atoms with van der Waals surface area (Å²) in [7, 11) is 0. The molecule has 28 heavy (non-hydrogen) atoms.